The first kappa shape index (κ1) is 28.6. The predicted octanol–water partition coefficient (Wildman–Crippen LogP) is -0.851. The van der Waals surface area contributed by atoms with Gasteiger partial charge in [-0.2, -0.15) is 8.42 Å². The van der Waals surface area contributed by atoms with E-state index >= 15 is 0 Å². The van der Waals surface area contributed by atoms with Gasteiger partial charge in [0.25, 0.3) is 10.1 Å². The van der Waals surface area contributed by atoms with Gasteiger partial charge in [0.1, 0.15) is 0 Å². The molecule has 0 aliphatic carbocycles. The molecule has 168 valence electrons. The lowest BCUT2D eigenvalue weighted by molar-refractivity contribution is -0.170. The maximum Gasteiger partial charge on any atom is 0.414 e. The largest absolute Gasteiger partial charge is 0.481 e. The molecule has 15 heteroatoms. The van der Waals surface area contributed by atoms with Gasteiger partial charge in [0, 0.05) is 0 Å². The highest BCUT2D eigenvalue weighted by molar-refractivity contribution is 7.85. The molecule has 1 aromatic rings. The number of aryl methyl sites for hydroxylation is 1. The fraction of sp³-hybridized carbons (Fsp3) is 0.267. The molecule has 0 spiro atoms. The standard InChI is InChI=1S/C7H8O3S.C6H8O7.C2H2O4/c1-6-2-4-7(5-3-6)11(8,9)10;7-3(8)1-6(13,5(11)12)2-4(9)10;3-1(4)2(5)6/h2-5H,1H3,(H,8,9,10);13H,1-2H2,(H,7,8)(H,9,10)(H,11,12);(H,3,4)(H,5,6). The van der Waals surface area contributed by atoms with Crippen LogP contribution in [0.1, 0.15) is 18.4 Å². The van der Waals surface area contributed by atoms with Crippen LogP contribution in [0.5, 0.6) is 0 Å². The van der Waals surface area contributed by atoms with E-state index in [-0.39, 0.29) is 4.90 Å². The predicted molar refractivity (Wildman–Crippen MR) is 93.4 cm³/mol. The van der Waals surface area contributed by atoms with Crippen LogP contribution in [0.25, 0.3) is 0 Å². The second kappa shape index (κ2) is 12.1. The molecule has 0 aliphatic heterocycles. The molecule has 0 heterocycles. The SMILES string of the molecule is Cc1ccc(S(=O)(=O)O)cc1.O=C(O)C(=O)O.O=C(O)CC(O)(CC(=O)O)C(=O)O. The lowest BCUT2D eigenvalue weighted by Crippen LogP contribution is -2.42. The summed E-state index contributed by atoms with van der Waals surface area (Å²) in [6.07, 6.45) is -2.29. The number of carbonyl (C=O) groups is 5. The molecule has 30 heavy (non-hydrogen) atoms. The highest BCUT2D eigenvalue weighted by Gasteiger charge is 2.40. The second-order valence-corrected chi connectivity index (χ2v) is 6.80. The molecule has 0 radical (unpaired) electrons. The number of carboxylic acids is 5. The Morgan fingerprint density at radius 2 is 1.13 bits per heavy atom. The van der Waals surface area contributed by atoms with Crippen molar-refractivity contribution in [2.24, 2.45) is 0 Å². The molecule has 1 rings (SSSR count). The summed E-state index contributed by atoms with van der Waals surface area (Å²) >= 11 is 0. The van der Waals surface area contributed by atoms with Gasteiger partial charge in [-0.1, -0.05) is 17.7 Å². The van der Waals surface area contributed by atoms with Crippen LogP contribution < -0.4 is 0 Å². The van der Waals surface area contributed by atoms with Gasteiger partial charge in [-0.3, -0.25) is 14.1 Å². The first-order chi connectivity index (χ1) is 13.4. The van der Waals surface area contributed by atoms with E-state index in [0.717, 1.165) is 5.56 Å². The second-order valence-electron chi connectivity index (χ2n) is 5.38. The van der Waals surface area contributed by atoms with Crippen LogP contribution in [0.2, 0.25) is 0 Å². The smallest absolute Gasteiger partial charge is 0.414 e. The van der Waals surface area contributed by atoms with Crippen LogP contribution >= 0.6 is 0 Å². The third kappa shape index (κ3) is 12.8. The van der Waals surface area contributed by atoms with Crippen molar-refractivity contribution in [1.82, 2.24) is 0 Å². The third-order valence-corrected chi connectivity index (χ3v) is 3.66. The molecule has 0 saturated heterocycles. The first-order valence-corrected chi connectivity index (χ1v) is 8.76. The van der Waals surface area contributed by atoms with E-state index in [1.807, 2.05) is 6.92 Å². The molecule has 0 aromatic heterocycles. The Morgan fingerprint density at radius 3 is 1.33 bits per heavy atom. The van der Waals surface area contributed by atoms with Crippen LogP contribution in [0, 0.1) is 6.92 Å². The molecular formula is C15H18O14S. The Labute approximate surface area is 168 Å². The van der Waals surface area contributed by atoms with Gasteiger partial charge < -0.3 is 30.6 Å². The van der Waals surface area contributed by atoms with E-state index in [1.54, 1.807) is 12.1 Å². The van der Waals surface area contributed by atoms with Gasteiger partial charge in [0.05, 0.1) is 17.7 Å². The molecule has 1 aromatic carbocycles. The summed E-state index contributed by atoms with van der Waals surface area (Å²) in [4.78, 5) is 48.6. The molecule has 0 unspecified atom stereocenters. The van der Waals surface area contributed by atoms with Crippen LogP contribution in [0.4, 0.5) is 0 Å². The molecule has 0 bridgehead atoms. The number of hydrogen-bond donors (Lipinski definition) is 7. The van der Waals surface area contributed by atoms with Crippen molar-refractivity contribution >= 4 is 40.0 Å². The van der Waals surface area contributed by atoms with Gasteiger partial charge in [-0.25, -0.2) is 14.4 Å². The molecule has 0 fully saturated rings. The van der Waals surface area contributed by atoms with Gasteiger partial charge in [-0.05, 0) is 19.1 Å². The van der Waals surface area contributed by atoms with Crippen LogP contribution in [0.3, 0.4) is 0 Å². The summed E-state index contributed by atoms with van der Waals surface area (Å²) in [7, 11) is -4.02. The lowest BCUT2D eigenvalue weighted by atomic mass is 9.96. The van der Waals surface area contributed by atoms with Crippen molar-refractivity contribution in [3.05, 3.63) is 29.8 Å². The van der Waals surface area contributed by atoms with E-state index in [9.17, 15) is 22.8 Å². The van der Waals surface area contributed by atoms with E-state index in [0.29, 0.717) is 0 Å². The minimum absolute atomic E-state index is 0.0666. The zero-order valence-corrected chi connectivity index (χ0v) is 15.9. The summed E-state index contributed by atoms with van der Waals surface area (Å²) in [6, 6.07) is 5.99. The molecular weight excluding hydrogens is 436 g/mol. The van der Waals surface area contributed by atoms with E-state index < -0.39 is 58.4 Å². The minimum atomic E-state index is -4.02. The number of aliphatic hydroxyl groups is 1. The molecule has 14 nitrogen and oxygen atoms in total. The topological polar surface area (TPSA) is 261 Å². The highest BCUT2D eigenvalue weighted by Crippen LogP contribution is 2.15. The fourth-order valence-corrected chi connectivity index (χ4v) is 1.90. The number of benzene rings is 1. The maximum atomic E-state index is 10.5. The number of carboxylic acid groups (broad SMARTS) is 5. The zero-order valence-electron chi connectivity index (χ0n) is 15.1. The quantitative estimate of drug-likeness (QED) is 0.204. The molecule has 0 saturated carbocycles. The highest BCUT2D eigenvalue weighted by atomic mass is 32.2. The lowest BCUT2D eigenvalue weighted by Gasteiger charge is -2.18. The summed E-state index contributed by atoms with van der Waals surface area (Å²) in [5.74, 6) is -8.67. The number of rotatable bonds is 6. The van der Waals surface area contributed by atoms with Gasteiger partial charge >= 0.3 is 29.8 Å². The molecule has 0 atom stereocenters. The summed E-state index contributed by atoms with van der Waals surface area (Å²) in [6.45, 7) is 1.84. The van der Waals surface area contributed by atoms with Crippen molar-refractivity contribution in [2.75, 3.05) is 0 Å². The van der Waals surface area contributed by atoms with E-state index in [2.05, 4.69) is 0 Å². The first-order valence-electron chi connectivity index (χ1n) is 7.32. The van der Waals surface area contributed by atoms with Gasteiger partial charge in [-0.15, -0.1) is 0 Å². The van der Waals surface area contributed by atoms with Gasteiger partial charge in [0.15, 0.2) is 5.60 Å². The summed E-state index contributed by atoms with van der Waals surface area (Å²) in [5, 5.41) is 48.6. The average molecular weight is 454 g/mol. The zero-order chi connectivity index (χ0) is 24.3. The maximum absolute atomic E-state index is 10.5. The van der Waals surface area contributed by atoms with Crippen LogP contribution in [-0.4, -0.2) is 79.1 Å². The number of aliphatic carboxylic acids is 5. The monoisotopic (exact) mass is 454 g/mol. The van der Waals surface area contributed by atoms with Crippen LogP contribution in [0.15, 0.2) is 29.2 Å². The Balaban J connectivity index is 0. The van der Waals surface area contributed by atoms with Crippen molar-refractivity contribution in [2.45, 2.75) is 30.3 Å². The summed E-state index contributed by atoms with van der Waals surface area (Å²) in [5.41, 5.74) is -1.78. The Kier molecular flexibility index (Phi) is 11.6. The fourth-order valence-electron chi connectivity index (χ4n) is 1.42. The van der Waals surface area contributed by atoms with Gasteiger partial charge in [0.2, 0.25) is 0 Å². The van der Waals surface area contributed by atoms with Crippen molar-refractivity contribution in [3.63, 3.8) is 0 Å². The molecule has 0 aliphatic rings. The minimum Gasteiger partial charge on any atom is -0.481 e. The van der Waals surface area contributed by atoms with Crippen LogP contribution in [-0.2, 0) is 34.1 Å². The van der Waals surface area contributed by atoms with Crippen molar-refractivity contribution in [3.8, 4) is 0 Å². The Morgan fingerprint density at radius 1 is 0.800 bits per heavy atom. The summed E-state index contributed by atoms with van der Waals surface area (Å²) < 4.78 is 29.6. The number of hydrogen-bond acceptors (Lipinski definition) is 8. The Hall–Kier alpha value is -3.56. The molecule has 7 N–H and O–H groups in total. The third-order valence-electron chi connectivity index (χ3n) is 2.79. The van der Waals surface area contributed by atoms with E-state index in [4.69, 9.17) is 44.8 Å². The average Bonchev–Trinajstić information content (AvgIpc) is 2.53. The molecule has 0 amide bonds. The Bertz CT molecular complexity index is 856. The van der Waals surface area contributed by atoms with Crippen molar-refractivity contribution in [1.29, 1.82) is 0 Å². The van der Waals surface area contributed by atoms with E-state index in [1.165, 1.54) is 12.1 Å². The van der Waals surface area contributed by atoms with Crippen molar-refractivity contribution < 1.29 is 67.6 Å². The normalized spacial score (nSPS) is 10.4.